The normalized spacial score (nSPS) is 16.1. The van der Waals surface area contributed by atoms with E-state index in [2.05, 4.69) is 78.9 Å². The molecule has 0 radical (unpaired) electrons. The number of allylic oxidation sites excluding steroid dienone is 7. The highest BCUT2D eigenvalue weighted by molar-refractivity contribution is 7.86. The van der Waals surface area contributed by atoms with Gasteiger partial charge in [0.2, 0.25) is 17.5 Å². The number of rotatable bonds is 48. The molecule has 0 spiro atoms. The quantitative estimate of drug-likeness (QED) is 0.00822. The van der Waals surface area contributed by atoms with Crippen molar-refractivity contribution in [1.82, 2.24) is 21.3 Å². The van der Waals surface area contributed by atoms with Crippen molar-refractivity contribution < 1.29 is 79.0 Å². The molecule has 0 unspecified atom stereocenters. The van der Waals surface area contributed by atoms with Crippen molar-refractivity contribution in [3.8, 4) is 5.75 Å². The number of carbonyl (C=O) groups excluding carboxylic acids is 5. The number of urea groups is 1. The van der Waals surface area contributed by atoms with Crippen LogP contribution in [0.25, 0.3) is 0 Å². The summed E-state index contributed by atoms with van der Waals surface area (Å²) in [6, 6.07) is 14.1. The Hall–Kier alpha value is -9.26. The van der Waals surface area contributed by atoms with Crippen molar-refractivity contribution in [1.29, 1.82) is 0 Å². The number of carboxylic acid groups (broad SMARTS) is 2. The van der Waals surface area contributed by atoms with Crippen molar-refractivity contribution in [2.45, 2.75) is 241 Å². The minimum absolute atomic E-state index is 0.0235. The van der Waals surface area contributed by atoms with Gasteiger partial charge in [-0.3, -0.25) is 43.1 Å². The maximum Gasteiger partial charge on any atom is 0.326 e. The molecule has 30 heteroatoms. The minimum atomic E-state index is -4.49. The number of ketones is 2. The number of nitrogens with zero attached hydrogens (tertiary/aromatic N) is 4. The molecule has 2 aliphatic heterocycles. The second kappa shape index (κ2) is 42.6. The third-order valence-electron chi connectivity index (χ3n) is 20.0. The number of guanidine groups is 2. The van der Waals surface area contributed by atoms with E-state index in [0.29, 0.717) is 82.4 Å². The van der Waals surface area contributed by atoms with Crippen LogP contribution in [0.1, 0.15) is 219 Å². The van der Waals surface area contributed by atoms with Crippen molar-refractivity contribution in [2.75, 3.05) is 44.2 Å². The van der Waals surface area contributed by atoms with Crippen LogP contribution in [-0.2, 0) is 66.3 Å². The van der Waals surface area contributed by atoms with Gasteiger partial charge in [-0.25, -0.2) is 9.59 Å². The van der Waals surface area contributed by atoms with Crippen LogP contribution in [0.5, 0.6) is 5.75 Å². The van der Waals surface area contributed by atoms with Crippen molar-refractivity contribution >= 4 is 90.6 Å². The minimum Gasteiger partial charge on any atom is -0.481 e. The molecule has 0 aromatic heterocycles. The van der Waals surface area contributed by atoms with Crippen LogP contribution < -0.4 is 53.8 Å². The Kier molecular flexibility index (Phi) is 34.7. The van der Waals surface area contributed by atoms with E-state index in [0.717, 1.165) is 115 Å². The predicted molar refractivity (Wildman–Crippen MR) is 421 cm³/mol. The number of Topliss-reactive ketones (excluding diaryl/α,β-unsaturated/α-hetero) is 2. The van der Waals surface area contributed by atoms with Gasteiger partial charge in [-0.2, -0.15) is 21.4 Å². The Bertz CT molecular complexity index is 4150. The lowest BCUT2D eigenvalue weighted by atomic mass is 9.81. The van der Waals surface area contributed by atoms with Gasteiger partial charge in [0, 0.05) is 112 Å². The van der Waals surface area contributed by atoms with E-state index in [1.165, 1.54) is 12.1 Å². The van der Waals surface area contributed by atoms with Crippen LogP contribution in [0.15, 0.2) is 127 Å². The smallest absolute Gasteiger partial charge is 0.326 e. The lowest BCUT2D eigenvalue weighted by Gasteiger charge is -2.27. The molecule has 109 heavy (non-hydrogen) atoms. The molecule has 2 heterocycles. The first-order valence-corrected chi connectivity index (χ1v) is 41.0. The first kappa shape index (κ1) is 88.6. The SMILES string of the molecule is CCCCC[N+]1=C(/C=C/C2=C(Oc3ccc(CCNC(=O)[C@H](CCCN=C(N)N)CC(=O)[C@H](CCCN=C(N)N)NC(=O)CCCCCCCCC(=O)CCCNC(=O)N[C@H](CCC(=O)O)C(=O)O)cc3)C(=C/C=C3/N(CCCC)c4ccc(S(=O)(=O)O)cc4C3(C)C)/CCC2)C(C)(C)c2cc(S(=O)(=O)O)ccc21. The molecule has 1 aliphatic carbocycles. The van der Waals surface area contributed by atoms with Crippen molar-refractivity contribution in [2.24, 2.45) is 38.8 Å². The monoisotopic (exact) mass is 1550 g/mol. The number of ether oxygens (including phenoxy) is 1. The largest absolute Gasteiger partial charge is 0.481 e. The summed E-state index contributed by atoms with van der Waals surface area (Å²) >= 11 is 0. The predicted octanol–water partition coefficient (Wildman–Crippen LogP) is 10.1. The van der Waals surface area contributed by atoms with Crippen molar-refractivity contribution in [3.05, 3.63) is 124 Å². The second-order valence-corrected chi connectivity index (χ2v) is 32.1. The van der Waals surface area contributed by atoms with E-state index in [4.69, 9.17) is 32.8 Å². The number of carboxylic acids is 2. The van der Waals surface area contributed by atoms with Gasteiger partial charge >= 0.3 is 18.0 Å². The number of nitrogens with one attached hydrogen (secondary N) is 4. The van der Waals surface area contributed by atoms with Gasteiger partial charge in [-0.15, -0.1) is 0 Å². The van der Waals surface area contributed by atoms with E-state index >= 15 is 0 Å². The maximum atomic E-state index is 14.3. The number of anilines is 1. The van der Waals surface area contributed by atoms with Gasteiger partial charge in [0.1, 0.15) is 29.9 Å². The summed E-state index contributed by atoms with van der Waals surface area (Å²) in [4.78, 5) is 98.7. The summed E-state index contributed by atoms with van der Waals surface area (Å²) in [5.74, 6) is -3.36. The summed E-state index contributed by atoms with van der Waals surface area (Å²) < 4.78 is 79.4. The molecule has 3 aromatic carbocycles. The fraction of sp³-hybridized carbons (Fsp3) is 0.544. The van der Waals surface area contributed by atoms with Crippen LogP contribution in [-0.4, -0.2) is 151 Å². The Labute approximate surface area is 641 Å². The molecule has 28 nitrogen and oxygen atoms in total. The van der Waals surface area contributed by atoms with Crippen molar-refractivity contribution in [3.63, 3.8) is 0 Å². The summed E-state index contributed by atoms with van der Waals surface area (Å²) in [5.41, 5.74) is 29.0. The Morgan fingerprint density at radius 1 is 0.642 bits per heavy atom. The van der Waals surface area contributed by atoms with Crippen LogP contribution >= 0.6 is 0 Å². The molecule has 3 aliphatic rings. The number of aliphatic carboxylic acids is 2. The molecule has 598 valence electrons. The average molecular weight is 1550 g/mol. The van der Waals surface area contributed by atoms with E-state index in [1.54, 1.807) is 24.3 Å². The number of fused-ring (bicyclic) bond motifs is 2. The highest BCUT2D eigenvalue weighted by Crippen LogP contribution is 2.49. The van der Waals surface area contributed by atoms with Gasteiger partial charge in [-0.05, 0) is 181 Å². The zero-order valence-corrected chi connectivity index (χ0v) is 65.7. The van der Waals surface area contributed by atoms with Crippen LogP contribution in [0.2, 0.25) is 0 Å². The number of unbranched alkanes of at least 4 members (excludes halogenated alkanes) is 8. The number of hydrogen-bond donors (Lipinski definition) is 12. The zero-order valence-electron chi connectivity index (χ0n) is 64.0. The molecular weight excluding hydrogens is 1440 g/mol. The van der Waals surface area contributed by atoms with Gasteiger partial charge in [0.25, 0.3) is 20.2 Å². The number of amides is 4. The summed E-state index contributed by atoms with van der Waals surface area (Å²) in [5, 5.41) is 28.8. The first-order valence-electron chi connectivity index (χ1n) is 38.1. The lowest BCUT2D eigenvalue weighted by molar-refractivity contribution is -0.438. The third-order valence-corrected chi connectivity index (χ3v) is 21.7. The van der Waals surface area contributed by atoms with Gasteiger partial charge in [0.15, 0.2) is 23.4 Å². The third kappa shape index (κ3) is 27.7. The number of carbonyl (C=O) groups is 7. The maximum absolute atomic E-state index is 14.3. The van der Waals surface area contributed by atoms with E-state index in [9.17, 15) is 64.6 Å². The molecular formula is C79H115N12O16S2+. The standard InChI is InChI=1S/C79H114N12O16S2/c1-7-9-17-49-91-66-39-36-60(109(104,105)106)52-62(66)79(5,6)69(91)41-32-55-23-18-22-54(31-40-68-78(3,4)61-51-59(108(101,102)103)35-38-65(61)90(68)48-10-8-2)72(55)107-58-33-29-53(30-34-58)43-47-84-73(97)56(24-19-44-85-75(80)81)50-67(93)63(27-21-45-86-76(82)83)88-70(94)28-16-14-12-11-13-15-25-57(92)26-20-46-87-77(100)89-64(74(98)99)37-42-71(95)96/h29-36,38-41,51-52,56,63-64H,7-28,37,42-50H2,1-6H3,(H15-,80,81,82,83,84,85,86,87,88,89,94,95,96,97,98,99,100,101,102,103,104,105,106)/p+1/t56-,63+,64-/m1/s1. The molecule has 0 fully saturated rings. The lowest BCUT2D eigenvalue weighted by Crippen LogP contribution is -2.46. The molecule has 16 N–H and O–H groups in total. The highest BCUT2D eigenvalue weighted by atomic mass is 32.2. The van der Waals surface area contributed by atoms with E-state index in [1.807, 2.05) is 52.0 Å². The fourth-order valence-corrected chi connectivity index (χ4v) is 15.0. The molecule has 0 saturated heterocycles. The Morgan fingerprint density at radius 3 is 1.90 bits per heavy atom. The zero-order chi connectivity index (χ0) is 80.1. The van der Waals surface area contributed by atoms with Crippen LogP contribution in [0.3, 0.4) is 0 Å². The first-order chi connectivity index (χ1) is 51.6. The van der Waals surface area contributed by atoms with E-state index in [-0.39, 0.29) is 110 Å². The average Bonchev–Trinajstić information content (AvgIpc) is 1.59. The Morgan fingerprint density at radius 2 is 1.27 bits per heavy atom. The molecule has 0 saturated carbocycles. The van der Waals surface area contributed by atoms with Crippen LogP contribution in [0, 0.1) is 5.92 Å². The summed E-state index contributed by atoms with van der Waals surface area (Å²) in [7, 11) is -8.98. The van der Waals surface area contributed by atoms with Gasteiger partial charge in [0.05, 0.1) is 21.2 Å². The molecule has 0 bridgehead atoms. The number of nitrogens with two attached hydrogens (primary N) is 4. The second-order valence-electron chi connectivity index (χ2n) is 29.3. The summed E-state index contributed by atoms with van der Waals surface area (Å²) in [6.45, 7) is 14.6. The van der Waals surface area contributed by atoms with Gasteiger partial charge in [-0.1, -0.05) is 84.4 Å². The number of hydrogen-bond acceptors (Lipinski definition) is 15. The summed E-state index contributed by atoms with van der Waals surface area (Å²) in [6.07, 6.45) is 21.4. The van der Waals surface area contributed by atoms with E-state index < -0.39 is 73.5 Å². The van der Waals surface area contributed by atoms with Crippen LogP contribution in [0.4, 0.5) is 16.2 Å². The molecule has 6 rings (SSSR count). The molecule has 4 amide bonds. The topological polar surface area (TPSA) is 461 Å². The number of aliphatic imine (C=N–C) groups is 2. The fourth-order valence-electron chi connectivity index (χ4n) is 14.0. The number of benzene rings is 3. The highest BCUT2D eigenvalue weighted by Gasteiger charge is 2.45. The molecule has 3 atom stereocenters. The van der Waals surface area contributed by atoms with Gasteiger partial charge < -0.3 is 64.1 Å². The Balaban J connectivity index is 1.14. The molecule has 3 aromatic rings.